The first-order valence-corrected chi connectivity index (χ1v) is 5.45. The van der Waals surface area contributed by atoms with Gasteiger partial charge in [-0.2, -0.15) is 4.68 Å². The van der Waals surface area contributed by atoms with E-state index in [1.54, 1.807) is 14.1 Å². The molecule has 0 spiro atoms. The summed E-state index contributed by atoms with van der Waals surface area (Å²) in [6.45, 7) is 2.26. The van der Waals surface area contributed by atoms with Gasteiger partial charge in [0.1, 0.15) is 6.61 Å². The molecule has 1 aromatic heterocycles. The molecule has 0 atom stereocenters. The van der Waals surface area contributed by atoms with Gasteiger partial charge in [-0.1, -0.05) is 6.92 Å². The Balaban J connectivity index is 2.46. The maximum Gasteiger partial charge on any atom is 0.437 e. The SMILES string of the molecule is CCCc1nn(CCOC(=O)N(C)C)c(=O)o1. The fourth-order valence-corrected chi connectivity index (χ4v) is 1.15. The van der Waals surface area contributed by atoms with Crippen LogP contribution >= 0.6 is 0 Å². The van der Waals surface area contributed by atoms with Crippen molar-refractivity contribution in [3.05, 3.63) is 16.4 Å². The van der Waals surface area contributed by atoms with Crippen LogP contribution in [-0.2, 0) is 17.7 Å². The largest absolute Gasteiger partial charge is 0.447 e. The Bertz CT molecular complexity index is 421. The Morgan fingerprint density at radius 1 is 1.53 bits per heavy atom. The molecule has 0 fully saturated rings. The standard InChI is InChI=1S/C10H17N3O4/c1-4-5-8-11-13(10(15)17-8)6-7-16-9(14)12(2)3/h4-7H2,1-3H3. The van der Waals surface area contributed by atoms with Crippen LogP contribution in [0.5, 0.6) is 0 Å². The van der Waals surface area contributed by atoms with Crippen molar-refractivity contribution in [3.63, 3.8) is 0 Å². The van der Waals surface area contributed by atoms with Crippen molar-refractivity contribution in [2.75, 3.05) is 20.7 Å². The molecule has 0 bridgehead atoms. The van der Waals surface area contributed by atoms with E-state index in [4.69, 9.17) is 9.15 Å². The molecule has 0 aromatic carbocycles. The lowest BCUT2D eigenvalue weighted by molar-refractivity contribution is 0.113. The monoisotopic (exact) mass is 243 g/mol. The van der Waals surface area contributed by atoms with Crippen LogP contribution in [0, 0.1) is 0 Å². The van der Waals surface area contributed by atoms with Crippen LogP contribution in [0.2, 0.25) is 0 Å². The van der Waals surface area contributed by atoms with Gasteiger partial charge in [-0.05, 0) is 6.42 Å². The predicted molar refractivity (Wildman–Crippen MR) is 59.8 cm³/mol. The van der Waals surface area contributed by atoms with E-state index in [-0.39, 0.29) is 13.2 Å². The first kappa shape index (κ1) is 13.3. The van der Waals surface area contributed by atoms with Gasteiger partial charge in [0.15, 0.2) is 0 Å². The maximum atomic E-state index is 11.3. The Morgan fingerprint density at radius 2 is 2.24 bits per heavy atom. The summed E-state index contributed by atoms with van der Waals surface area (Å²) in [7, 11) is 3.17. The molecule has 7 nitrogen and oxygen atoms in total. The van der Waals surface area contributed by atoms with Gasteiger partial charge in [0.2, 0.25) is 5.89 Å². The van der Waals surface area contributed by atoms with Gasteiger partial charge in [0.25, 0.3) is 0 Å². The average molecular weight is 243 g/mol. The molecule has 0 unspecified atom stereocenters. The van der Waals surface area contributed by atoms with E-state index in [2.05, 4.69) is 5.10 Å². The number of carbonyl (C=O) groups excluding carboxylic acids is 1. The number of nitrogens with zero attached hydrogens (tertiary/aromatic N) is 3. The van der Waals surface area contributed by atoms with Crippen molar-refractivity contribution < 1.29 is 13.9 Å². The van der Waals surface area contributed by atoms with Gasteiger partial charge in [-0.25, -0.2) is 9.59 Å². The maximum absolute atomic E-state index is 11.3. The molecule has 0 saturated heterocycles. The van der Waals surface area contributed by atoms with Crippen LogP contribution in [-0.4, -0.2) is 41.5 Å². The van der Waals surface area contributed by atoms with Crippen LogP contribution < -0.4 is 5.76 Å². The zero-order valence-corrected chi connectivity index (χ0v) is 10.3. The number of carbonyl (C=O) groups is 1. The van der Waals surface area contributed by atoms with E-state index >= 15 is 0 Å². The minimum Gasteiger partial charge on any atom is -0.447 e. The Morgan fingerprint density at radius 3 is 2.82 bits per heavy atom. The Kier molecular flexibility index (Phi) is 4.74. The highest BCUT2D eigenvalue weighted by atomic mass is 16.6. The molecule has 17 heavy (non-hydrogen) atoms. The van der Waals surface area contributed by atoms with Gasteiger partial charge < -0.3 is 14.1 Å². The fourth-order valence-electron chi connectivity index (χ4n) is 1.15. The number of rotatable bonds is 5. The van der Waals surface area contributed by atoms with Crippen molar-refractivity contribution >= 4 is 6.09 Å². The molecule has 96 valence electrons. The van der Waals surface area contributed by atoms with Crippen molar-refractivity contribution in [1.29, 1.82) is 0 Å². The summed E-state index contributed by atoms with van der Waals surface area (Å²) in [6, 6.07) is 0. The lowest BCUT2D eigenvalue weighted by Crippen LogP contribution is -2.26. The number of ether oxygens (including phenoxy) is 1. The number of hydrogen-bond acceptors (Lipinski definition) is 5. The molecule has 7 heteroatoms. The van der Waals surface area contributed by atoms with Gasteiger partial charge >= 0.3 is 11.8 Å². The van der Waals surface area contributed by atoms with Crippen LogP contribution in [0.1, 0.15) is 19.2 Å². The fraction of sp³-hybridized carbons (Fsp3) is 0.700. The van der Waals surface area contributed by atoms with Crippen molar-refractivity contribution in [2.24, 2.45) is 0 Å². The Labute approximate surface area is 99.0 Å². The zero-order chi connectivity index (χ0) is 12.8. The third-order valence-electron chi connectivity index (χ3n) is 2.01. The second-order valence-electron chi connectivity index (χ2n) is 3.74. The van der Waals surface area contributed by atoms with Crippen LogP contribution in [0.15, 0.2) is 9.21 Å². The van der Waals surface area contributed by atoms with E-state index in [0.717, 1.165) is 11.1 Å². The third kappa shape index (κ3) is 3.93. The number of aromatic nitrogens is 2. The predicted octanol–water partition coefficient (Wildman–Crippen LogP) is 0.487. The number of amides is 1. The summed E-state index contributed by atoms with van der Waals surface area (Å²) < 4.78 is 10.9. The molecule has 0 aliphatic heterocycles. The summed E-state index contributed by atoms with van der Waals surface area (Å²) in [5.74, 6) is -0.106. The first-order chi connectivity index (χ1) is 8.04. The summed E-state index contributed by atoms with van der Waals surface area (Å²) in [5.41, 5.74) is 0. The normalized spacial score (nSPS) is 10.3. The third-order valence-corrected chi connectivity index (χ3v) is 2.01. The van der Waals surface area contributed by atoms with Gasteiger partial charge in [-0.15, -0.1) is 5.10 Å². The molecular formula is C10H17N3O4. The molecular weight excluding hydrogens is 226 g/mol. The second-order valence-corrected chi connectivity index (χ2v) is 3.74. The lowest BCUT2D eigenvalue weighted by atomic mass is 10.3. The number of hydrogen-bond donors (Lipinski definition) is 0. The summed E-state index contributed by atoms with van der Waals surface area (Å²) in [5, 5.41) is 3.97. The van der Waals surface area contributed by atoms with Crippen molar-refractivity contribution in [3.8, 4) is 0 Å². The molecule has 0 aliphatic carbocycles. The van der Waals surface area contributed by atoms with Gasteiger partial charge in [0.05, 0.1) is 6.54 Å². The second kappa shape index (κ2) is 6.07. The van der Waals surface area contributed by atoms with Crippen LogP contribution in [0.4, 0.5) is 4.79 Å². The topological polar surface area (TPSA) is 77.6 Å². The molecule has 1 heterocycles. The van der Waals surface area contributed by atoms with E-state index in [0.29, 0.717) is 12.3 Å². The van der Waals surface area contributed by atoms with E-state index < -0.39 is 11.8 Å². The minimum atomic E-state index is -0.519. The van der Waals surface area contributed by atoms with E-state index in [1.807, 2.05) is 6.92 Å². The van der Waals surface area contributed by atoms with Crippen LogP contribution in [0.25, 0.3) is 0 Å². The summed E-state index contributed by atoms with van der Waals surface area (Å²) >= 11 is 0. The van der Waals surface area contributed by atoms with Gasteiger partial charge in [-0.3, -0.25) is 0 Å². The molecule has 0 N–H and O–H groups in total. The summed E-state index contributed by atoms with van der Waals surface area (Å²) in [4.78, 5) is 23.7. The first-order valence-electron chi connectivity index (χ1n) is 5.45. The quantitative estimate of drug-likeness (QED) is 0.752. The van der Waals surface area contributed by atoms with E-state index in [9.17, 15) is 9.59 Å². The van der Waals surface area contributed by atoms with Gasteiger partial charge in [0, 0.05) is 20.5 Å². The van der Waals surface area contributed by atoms with Crippen molar-refractivity contribution in [1.82, 2.24) is 14.7 Å². The average Bonchev–Trinajstić information content (AvgIpc) is 2.59. The van der Waals surface area contributed by atoms with Crippen molar-refractivity contribution in [2.45, 2.75) is 26.3 Å². The molecule has 1 rings (SSSR count). The smallest absolute Gasteiger partial charge is 0.437 e. The zero-order valence-electron chi connectivity index (χ0n) is 10.3. The molecule has 0 aliphatic rings. The van der Waals surface area contributed by atoms with E-state index in [1.165, 1.54) is 4.90 Å². The lowest BCUT2D eigenvalue weighted by Gasteiger charge is -2.10. The molecule has 0 saturated carbocycles. The highest BCUT2D eigenvalue weighted by Crippen LogP contribution is 1.95. The number of aryl methyl sites for hydroxylation is 1. The van der Waals surface area contributed by atoms with Crippen LogP contribution in [0.3, 0.4) is 0 Å². The highest BCUT2D eigenvalue weighted by Gasteiger charge is 2.08. The molecule has 0 radical (unpaired) electrons. The molecule has 1 aromatic rings. The molecule has 1 amide bonds. The Hall–Kier alpha value is -1.79. The summed E-state index contributed by atoms with van der Waals surface area (Å²) in [6.07, 6.45) is 1.03. The highest BCUT2D eigenvalue weighted by molar-refractivity contribution is 5.66. The minimum absolute atomic E-state index is 0.0923.